The zero-order valence-electron chi connectivity index (χ0n) is 11.2. The van der Waals surface area contributed by atoms with E-state index in [0.717, 1.165) is 5.02 Å². The van der Waals surface area contributed by atoms with Crippen LogP contribution in [-0.2, 0) is 0 Å². The van der Waals surface area contributed by atoms with Crippen molar-refractivity contribution in [2.75, 3.05) is 11.5 Å². The summed E-state index contributed by atoms with van der Waals surface area (Å²) in [4.78, 5) is 0. The molecule has 1 aromatic rings. The first-order valence-electron chi connectivity index (χ1n) is 6.79. The van der Waals surface area contributed by atoms with Crippen LogP contribution < -0.4 is 5.32 Å². The van der Waals surface area contributed by atoms with Crippen molar-refractivity contribution in [2.24, 2.45) is 0 Å². The van der Waals surface area contributed by atoms with Gasteiger partial charge in [0.2, 0.25) is 0 Å². The average molecular weight is 284 g/mol. The summed E-state index contributed by atoms with van der Waals surface area (Å²) < 4.78 is 0. The Hall–Kier alpha value is -0.180. The number of thioether (sulfide) groups is 1. The van der Waals surface area contributed by atoms with Gasteiger partial charge in [-0.15, -0.1) is 0 Å². The molecule has 1 N–H and O–H groups in total. The van der Waals surface area contributed by atoms with Gasteiger partial charge in [0.05, 0.1) is 0 Å². The number of hydrogen-bond donors (Lipinski definition) is 1. The van der Waals surface area contributed by atoms with E-state index in [1.807, 2.05) is 23.9 Å². The van der Waals surface area contributed by atoms with Crippen LogP contribution in [0.25, 0.3) is 0 Å². The molecule has 0 aliphatic heterocycles. The number of rotatable bonds is 6. The van der Waals surface area contributed by atoms with Crippen LogP contribution in [0, 0.1) is 0 Å². The molecule has 0 amide bonds. The highest BCUT2D eigenvalue weighted by Crippen LogP contribution is 2.40. The lowest BCUT2D eigenvalue weighted by atomic mass is 9.75. The van der Waals surface area contributed by atoms with Gasteiger partial charge in [-0.25, -0.2) is 0 Å². The fraction of sp³-hybridized carbons (Fsp3) is 0.600. The Bertz CT molecular complexity index is 377. The molecule has 0 saturated heterocycles. The Morgan fingerprint density at radius 1 is 1.39 bits per heavy atom. The van der Waals surface area contributed by atoms with E-state index in [9.17, 15) is 0 Å². The summed E-state index contributed by atoms with van der Waals surface area (Å²) in [5.74, 6) is 3.07. The molecule has 0 aromatic heterocycles. The van der Waals surface area contributed by atoms with Crippen LogP contribution in [0.4, 0.5) is 0 Å². The predicted octanol–water partition coefficient (Wildman–Crippen LogP) is 4.32. The molecular formula is C15H22ClNS. The van der Waals surface area contributed by atoms with E-state index in [1.54, 1.807) is 0 Å². The second kappa shape index (κ2) is 6.83. The third kappa shape index (κ3) is 3.66. The molecule has 0 radical (unpaired) electrons. The molecule has 3 heteroatoms. The van der Waals surface area contributed by atoms with Crippen molar-refractivity contribution in [1.82, 2.24) is 5.32 Å². The van der Waals surface area contributed by atoms with Crippen molar-refractivity contribution in [3.8, 4) is 0 Å². The largest absolute Gasteiger partial charge is 0.311 e. The Balaban J connectivity index is 1.75. The lowest BCUT2D eigenvalue weighted by Crippen LogP contribution is -2.45. The highest BCUT2D eigenvalue weighted by molar-refractivity contribution is 7.99. The van der Waals surface area contributed by atoms with E-state index in [4.69, 9.17) is 11.6 Å². The topological polar surface area (TPSA) is 12.0 Å². The molecule has 2 rings (SSSR count). The van der Waals surface area contributed by atoms with Crippen molar-refractivity contribution in [3.05, 3.63) is 34.9 Å². The second-order valence-electron chi connectivity index (χ2n) is 5.11. The first-order valence-corrected chi connectivity index (χ1v) is 8.32. The van der Waals surface area contributed by atoms with Crippen LogP contribution in [0.15, 0.2) is 24.3 Å². The fourth-order valence-corrected chi connectivity index (χ4v) is 3.53. The smallest absolute Gasteiger partial charge is 0.0440 e. The van der Waals surface area contributed by atoms with Gasteiger partial charge in [0.1, 0.15) is 0 Å². The van der Waals surface area contributed by atoms with Crippen LogP contribution >= 0.6 is 23.4 Å². The molecule has 1 fully saturated rings. The fourth-order valence-electron chi connectivity index (χ4n) is 2.56. The van der Waals surface area contributed by atoms with Gasteiger partial charge in [-0.3, -0.25) is 0 Å². The van der Waals surface area contributed by atoms with E-state index >= 15 is 0 Å². The minimum absolute atomic E-state index is 0.618. The molecule has 0 heterocycles. The van der Waals surface area contributed by atoms with Crippen molar-refractivity contribution >= 4 is 23.4 Å². The van der Waals surface area contributed by atoms with Gasteiger partial charge in [-0.1, -0.05) is 36.7 Å². The molecule has 1 atom stereocenters. The summed E-state index contributed by atoms with van der Waals surface area (Å²) >= 11 is 8.24. The molecule has 1 aromatic carbocycles. The Kier molecular flexibility index (Phi) is 5.40. The van der Waals surface area contributed by atoms with E-state index in [-0.39, 0.29) is 0 Å². The highest BCUT2D eigenvalue weighted by atomic mass is 35.5. The van der Waals surface area contributed by atoms with Gasteiger partial charge in [-0.2, -0.15) is 11.8 Å². The molecule has 18 heavy (non-hydrogen) atoms. The van der Waals surface area contributed by atoms with Gasteiger partial charge in [0, 0.05) is 22.9 Å². The zero-order valence-corrected chi connectivity index (χ0v) is 12.7. The summed E-state index contributed by atoms with van der Waals surface area (Å²) in [6.07, 6.45) is 2.45. The lowest BCUT2D eigenvalue weighted by molar-refractivity contribution is 0.276. The molecule has 0 spiro atoms. The number of hydrogen-bond acceptors (Lipinski definition) is 2. The first-order chi connectivity index (χ1) is 8.70. The molecule has 100 valence electrons. The second-order valence-corrected chi connectivity index (χ2v) is 6.84. The summed E-state index contributed by atoms with van der Waals surface area (Å²) in [6.45, 7) is 4.50. The maximum atomic E-state index is 6.23. The monoisotopic (exact) mass is 283 g/mol. The normalized spacial score (nSPS) is 24.6. The third-order valence-electron chi connectivity index (χ3n) is 3.58. The Morgan fingerprint density at radius 3 is 2.78 bits per heavy atom. The summed E-state index contributed by atoms with van der Waals surface area (Å²) in [5.41, 5.74) is 1.33. The van der Waals surface area contributed by atoms with Crippen LogP contribution in [0.3, 0.4) is 0 Å². The average Bonchev–Trinajstić information content (AvgIpc) is 2.32. The van der Waals surface area contributed by atoms with Crippen LogP contribution in [-0.4, -0.2) is 23.6 Å². The standard InChI is InChI=1S/C15H22ClNS/c1-3-18-10-11(2)17-13-8-12(9-13)14-6-4-5-7-15(14)16/h4-7,11-13,17H,3,8-10H2,1-2H3. The zero-order chi connectivity index (χ0) is 13.0. The van der Waals surface area contributed by atoms with E-state index in [0.29, 0.717) is 18.0 Å². The number of benzene rings is 1. The molecule has 0 bridgehead atoms. The molecular weight excluding hydrogens is 262 g/mol. The Labute approximate surface area is 120 Å². The van der Waals surface area contributed by atoms with Gasteiger partial charge < -0.3 is 5.32 Å². The van der Waals surface area contributed by atoms with Crippen LogP contribution in [0.5, 0.6) is 0 Å². The van der Waals surface area contributed by atoms with Gasteiger partial charge in [0.15, 0.2) is 0 Å². The van der Waals surface area contributed by atoms with Gasteiger partial charge >= 0.3 is 0 Å². The minimum Gasteiger partial charge on any atom is -0.311 e. The summed E-state index contributed by atoms with van der Waals surface area (Å²) in [6, 6.07) is 9.55. The SMILES string of the molecule is CCSCC(C)NC1CC(c2ccccc2Cl)C1. The van der Waals surface area contributed by atoms with E-state index in [2.05, 4.69) is 31.3 Å². The molecule has 1 nitrogen and oxygen atoms in total. The minimum atomic E-state index is 0.618. The Morgan fingerprint density at radius 2 is 2.11 bits per heavy atom. The maximum absolute atomic E-state index is 6.23. The summed E-state index contributed by atoms with van der Waals surface area (Å²) in [5, 5.41) is 4.63. The predicted molar refractivity (Wildman–Crippen MR) is 82.8 cm³/mol. The lowest BCUT2D eigenvalue weighted by Gasteiger charge is -2.38. The van der Waals surface area contributed by atoms with E-state index < -0.39 is 0 Å². The molecule has 1 aliphatic rings. The summed E-state index contributed by atoms with van der Waals surface area (Å²) in [7, 11) is 0. The van der Waals surface area contributed by atoms with Crippen molar-refractivity contribution < 1.29 is 0 Å². The number of nitrogens with one attached hydrogen (secondary N) is 1. The highest BCUT2D eigenvalue weighted by Gasteiger charge is 2.31. The quantitative estimate of drug-likeness (QED) is 0.835. The third-order valence-corrected chi connectivity index (χ3v) is 5.06. The van der Waals surface area contributed by atoms with Gasteiger partial charge in [0.25, 0.3) is 0 Å². The van der Waals surface area contributed by atoms with Crippen molar-refractivity contribution in [2.45, 2.75) is 44.7 Å². The molecule has 1 aliphatic carbocycles. The van der Waals surface area contributed by atoms with Crippen LogP contribution in [0.2, 0.25) is 5.02 Å². The van der Waals surface area contributed by atoms with Crippen molar-refractivity contribution in [3.63, 3.8) is 0 Å². The maximum Gasteiger partial charge on any atom is 0.0440 e. The van der Waals surface area contributed by atoms with Crippen LogP contribution in [0.1, 0.15) is 38.2 Å². The molecule has 1 saturated carbocycles. The van der Waals surface area contributed by atoms with E-state index in [1.165, 1.54) is 29.9 Å². The van der Waals surface area contributed by atoms with Gasteiger partial charge in [-0.05, 0) is 43.1 Å². The molecule has 1 unspecified atom stereocenters. The first kappa shape index (κ1) is 14.2. The van der Waals surface area contributed by atoms with Crippen molar-refractivity contribution in [1.29, 1.82) is 0 Å². The number of halogens is 1.